The maximum atomic E-state index is 12.1. The van der Waals surface area contributed by atoms with Crippen LogP contribution in [0, 0.1) is 3.57 Å². The Morgan fingerprint density at radius 1 is 1.26 bits per heavy atom. The van der Waals surface area contributed by atoms with E-state index in [9.17, 15) is 4.79 Å². The SMILES string of the molecule is Nc1cccc(CNC(=O)c2cc(I)ccc2Br)c1. The number of rotatable bonds is 3. The Bertz CT molecular complexity index is 616. The van der Waals surface area contributed by atoms with Gasteiger partial charge in [-0.05, 0) is 74.4 Å². The molecule has 0 atom stereocenters. The van der Waals surface area contributed by atoms with Crippen molar-refractivity contribution in [3.8, 4) is 0 Å². The summed E-state index contributed by atoms with van der Waals surface area (Å²) < 4.78 is 1.81. The molecule has 2 rings (SSSR count). The fraction of sp³-hybridized carbons (Fsp3) is 0.0714. The third-order valence-electron chi connectivity index (χ3n) is 2.58. The molecule has 0 aliphatic carbocycles. The molecular weight excluding hydrogens is 419 g/mol. The van der Waals surface area contributed by atoms with E-state index in [1.54, 1.807) is 0 Å². The van der Waals surface area contributed by atoms with Crippen LogP contribution in [0.1, 0.15) is 15.9 Å². The fourth-order valence-corrected chi connectivity index (χ4v) is 2.57. The molecule has 19 heavy (non-hydrogen) atoms. The highest BCUT2D eigenvalue weighted by atomic mass is 127. The summed E-state index contributed by atoms with van der Waals surface area (Å²) in [6.07, 6.45) is 0. The van der Waals surface area contributed by atoms with Gasteiger partial charge in [0.2, 0.25) is 0 Å². The smallest absolute Gasteiger partial charge is 0.252 e. The van der Waals surface area contributed by atoms with E-state index in [4.69, 9.17) is 5.73 Å². The quantitative estimate of drug-likeness (QED) is 0.577. The van der Waals surface area contributed by atoms with Crippen molar-refractivity contribution in [1.29, 1.82) is 0 Å². The Labute approximate surface area is 133 Å². The van der Waals surface area contributed by atoms with Gasteiger partial charge in [-0.2, -0.15) is 0 Å². The first kappa shape index (κ1) is 14.3. The van der Waals surface area contributed by atoms with Crippen LogP contribution >= 0.6 is 38.5 Å². The van der Waals surface area contributed by atoms with Crippen molar-refractivity contribution in [3.63, 3.8) is 0 Å². The lowest BCUT2D eigenvalue weighted by Gasteiger charge is -2.08. The first-order chi connectivity index (χ1) is 9.06. The van der Waals surface area contributed by atoms with Gasteiger partial charge in [0.15, 0.2) is 0 Å². The van der Waals surface area contributed by atoms with Crippen molar-refractivity contribution in [3.05, 3.63) is 61.6 Å². The van der Waals surface area contributed by atoms with E-state index < -0.39 is 0 Å². The molecule has 0 fully saturated rings. The molecule has 0 aliphatic heterocycles. The van der Waals surface area contributed by atoms with Crippen LogP contribution in [0.15, 0.2) is 46.9 Å². The Balaban J connectivity index is 2.07. The first-order valence-corrected chi connectivity index (χ1v) is 7.51. The van der Waals surface area contributed by atoms with Crippen molar-refractivity contribution < 1.29 is 4.79 Å². The number of hydrogen-bond acceptors (Lipinski definition) is 2. The number of halogens is 2. The van der Waals surface area contributed by atoms with E-state index in [0.29, 0.717) is 17.8 Å². The van der Waals surface area contributed by atoms with Crippen LogP contribution in [-0.4, -0.2) is 5.91 Å². The highest BCUT2D eigenvalue weighted by Crippen LogP contribution is 2.19. The molecule has 0 aliphatic rings. The van der Waals surface area contributed by atoms with Gasteiger partial charge >= 0.3 is 0 Å². The van der Waals surface area contributed by atoms with Gasteiger partial charge in [-0.1, -0.05) is 12.1 Å². The van der Waals surface area contributed by atoms with Crippen LogP contribution in [-0.2, 0) is 6.54 Å². The lowest BCUT2D eigenvalue weighted by atomic mass is 10.2. The molecule has 2 aromatic carbocycles. The number of carbonyl (C=O) groups is 1. The fourth-order valence-electron chi connectivity index (χ4n) is 1.65. The van der Waals surface area contributed by atoms with Gasteiger partial charge in [0.25, 0.3) is 5.91 Å². The van der Waals surface area contributed by atoms with Gasteiger partial charge in [0.05, 0.1) is 5.56 Å². The molecule has 0 aromatic heterocycles. The van der Waals surface area contributed by atoms with Crippen molar-refractivity contribution in [1.82, 2.24) is 5.32 Å². The van der Waals surface area contributed by atoms with E-state index in [2.05, 4.69) is 43.8 Å². The summed E-state index contributed by atoms with van der Waals surface area (Å²) in [7, 11) is 0. The third-order valence-corrected chi connectivity index (χ3v) is 3.94. The molecule has 0 unspecified atom stereocenters. The Hall–Kier alpha value is -1.08. The number of hydrogen-bond donors (Lipinski definition) is 2. The number of carbonyl (C=O) groups excluding carboxylic acids is 1. The average molecular weight is 431 g/mol. The van der Waals surface area contributed by atoms with E-state index >= 15 is 0 Å². The zero-order chi connectivity index (χ0) is 13.8. The highest BCUT2D eigenvalue weighted by molar-refractivity contribution is 14.1. The molecular formula is C14H12BrIN2O. The van der Waals surface area contributed by atoms with Gasteiger partial charge in [-0.25, -0.2) is 0 Å². The summed E-state index contributed by atoms with van der Waals surface area (Å²) in [6, 6.07) is 13.1. The van der Waals surface area contributed by atoms with Crippen LogP contribution in [0.2, 0.25) is 0 Å². The van der Waals surface area contributed by atoms with Crippen LogP contribution in [0.3, 0.4) is 0 Å². The molecule has 3 nitrogen and oxygen atoms in total. The average Bonchev–Trinajstić information content (AvgIpc) is 2.39. The van der Waals surface area contributed by atoms with Gasteiger partial charge < -0.3 is 11.1 Å². The largest absolute Gasteiger partial charge is 0.399 e. The molecule has 98 valence electrons. The first-order valence-electron chi connectivity index (χ1n) is 5.64. The molecule has 3 N–H and O–H groups in total. The zero-order valence-corrected chi connectivity index (χ0v) is 13.7. The third kappa shape index (κ3) is 3.94. The molecule has 5 heteroatoms. The normalized spacial score (nSPS) is 10.2. The van der Waals surface area contributed by atoms with Crippen LogP contribution in [0.25, 0.3) is 0 Å². The van der Waals surface area contributed by atoms with Gasteiger partial charge in [0, 0.05) is 20.3 Å². The van der Waals surface area contributed by atoms with Crippen molar-refractivity contribution in [2.24, 2.45) is 0 Å². The second-order valence-electron chi connectivity index (χ2n) is 4.05. The lowest BCUT2D eigenvalue weighted by Crippen LogP contribution is -2.23. The van der Waals surface area contributed by atoms with Gasteiger partial charge in [-0.3, -0.25) is 4.79 Å². The summed E-state index contributed by atoms with van der Waals surface area (Å²) >= 11 is 5.57. The van der Waals surface area contributed by atoms with Crippen molar-refractivity contribution >= 4 is 50.1 Å². The number of nitrogens with two attached hydrogens (primary N) is 1. The maximum Gasteiger partial charge on any atom is 0.252 e. The number of nitrogens with one attached hydrogen (secondary N) is 1. The van der Waals surface area contributed by atoms with Gasteiger partial charge in [-0.15, -0.1) is 0 Å². The molecule has 0 saturated carbocycles. The Morgan fingerprint density at radius 3 is 2.79 bits per heavy atom. The standard InChI is InChI=1S/C14H12BrIN2O/c15-13-5-4-10(16)7-12(13)14(19)18-8-9-2-1-3-11(17)6-9/h1-7H,8,17H2,(H,18,19). The predicted octanol–water partition coefficient (Wildman–Crippen LogP) is 3.57. The molecule has 2 aromatic rings. The molecule has 0 heterocycles. The second kappa shape index (κ2) is 6.38. The molecule has 0 bridgehead atoms. The highest BCUT2D eigenvalue weighted by Gasteiger charge is 2.10. The number of nitrogen functional groups attached to an aromatic ring is 1. The number of benzene rings is 2. The lowest BCUT2D eigenvalue weighted by molar-refractivity contribution is 0.0950. The number of amides is 1. The summed E-state index contributed by atoms with van der Waals surface area (Å²) in [5.41, 5.74) is 8.01. The minimum absolute atomic E-state index is 0.104. The molecule has 1 amide bonds. The van der Waals surface area contributed by atoms with Crippen molar-refractivity contribution in [2.45, 2.75) is 6.54 Å². The maximum absolute atomic E-state index is 12.1. The van der Waals surface area contributed by atoms with Gasteiger partial charge in [0.1, 0.15) is 0 Å². The Morgan fingerprint density at radius 2 is 2.05 bits per heavy atom. The minimum atomic E-state index is -0.104. The summed E-state index contributed by atoms with van der Waals surface area (Å²) in [4.78, 5) is 12.1. The summed E-state index contributed by atoms with van der Waals surface area (Å²) in [5.74, 6) is -0.104. The molecule has 0 saturated heterocycles. The number of anilines is 1. The van der Waals surface area contributed by atoms with E-state index in [-0.39, 0.29) is 5.91 Å². The Kier molecular flexibility index (Phi) is 4.81. The molecule has 0 radical (unpaired) electrons. The van der Waals surface area contributed by atoms with E-state index in [1.807, 2.05) is 42.5 Å². The zero-order valence-electron chi connectivity index (χ0n) is 9.99. The summed E-state index contributed by atoms with van der Waals surface area (Å²) in [5, 5.41) is 2.88. The monoisotopic (exact) mass is 430 g/mol. The molecule has 0 spiro atoms. The van der Waals surface area contributed by atoms with E-state index in [0.717, 1.165) is 13.6 Å². The second-order valence-corrected chi connectivity index (χ2v) is 6.15. The predicted molar refractivity (Wildman–Crippen MR) is 88.9 cm³/mol. The minimum Gasteiger partial charge on any atom is -0.399 e. The summed E-state index contributed by atoms with van der Waals surface area (Å²) in [6.45, 7) is 0.460. The van der Waals surface area contributed by atoms with Crippen molar-refractivity contribution in [2.75, 3.05) is 5.73 Å². The topological polar surface area (TPSA) is 55.1 Å². The van der Waals surface area contributed by atoms with Crippen LogP contribution in [0.4, 0.5) is 5.69 Å². The van der Waals surface area contributed by atoms with E-state index in [1.165, 1.54) is 0 Å². The van der Waals surface area contributed by atoms with Crippen LogP contribution < -0.4 is 11.1 Å². The van der Waals surface area contributed by atoms with Crippen LogP contribution in [0.5, 0.6) is 0 Å².